The molecule has 1 aliphatic rings. The number of benzene rings is 2. The lowest BCUT2D eigenvalue weighted by molar-refractivity contribution is -0.113. The first-order valence-electron chi connectivity index (χ1n) is 8.35. The van der Waals surface area contributed by atoms with Crippen molar-refractivity contribution < 1.29 is 4.79 Å². The van der Waals surface area contributed by atoms with E-state index in [1.807, 2.05) is 60.7 Å². The summed E-state index contributed by atoms with van der Waals surface area (Å²) in [6, 6.07) is 20.7. The maximum Gasteiger partial charge on any atom is 0.271 e. The first-order valence-corrected chi connectivity index (χ1v) is 10.3. The van der Waals surface area contributed by atoms with Crippen LogP contribution in [0.1, 0.15) is 5.56 Å². The molecular formula is C21H13BrClN3OS. The highest BCUT2D eigenvalue weighted by molar-refractivity contribution is 9.10. The van der Waals surface area contributed by atoms with Gasteiger partial charge in [0.1, 0.15) is 5.69 Å². The van der Waals surface area contributed by atoms with Gasteiger partial charge in [0.2, 0.25) is 0 Å². The standard InChI is InChI=1S/C21H13BrClN3OS/c22-15-10-8-14(9-11-15)13-18-20(27)26(16-5-2-1-3-6-16)21(28-18)25-17-7-4-12-24-19(17)23/h1-13H/b18-13-,25-21?. The van der Waals surface area contributed by atoms with Crippen LogP contribution in [0.2, 0.25) is 5.15 Å². The number of halogens is 2. The molecule has 7 heteroatoms. The maximum atomic E-state index is 13.2. The van der Waals surface area contributed by atoms with Gasteiger partial charge in [0.05, 0.1) is 10.6 Å². The van der Waals surface area contributed by atoms with E-state index in [2.05, 4.69) is 25.9 Å². The molecule has 28 heavy (non-hydrogen) atoms. The number of aliphatic imine (C=N–C) groups is 1. The van der Waals surface area contributed by atoms with Gasteiger partial charge in [-0.15, -0.1) is 0 Å². The number of hydrogen-bond donors (Lipinski definition) is 0. The van der Waals surface area contributed by atoms with E-state index in [-0.39, 0.29) is 5.91 Å². The Morgan fingerprint density at radius 3 is 2.50 bits per heavy atom. The molecule has 4 nitrogen and oxygen atoms in total. The summed E-state index contributed by atoms with van der Waals surface area (Å²) in [4.78, 5) is 24.0. The van der Waals surface area contributed by atoms with Crippen LogP contribution in [-0.2, 0) is 4.79 Å². The van der Waals surface area contributed by atoms with Crippen LogP contribution in [0.15, 0.2) is 87.3 Å². The number of carbonyl (C=O) groups excluding carboxylic acids is 1. The summed E-state index contributed by atoms with van der Waals surface area (Å²) >= 11 is 10.9. The van der Waals surface area contributed by atoms with Gasteiger partial charge in [-0.25, -0.2) is 9.98 Å². The molecule has 0 saturated carbocycles. The van der Waals surface area contributed by atoms with Gasteiger partial charge in [-0.05, 0) is 59.8 Å². The molecule has 0 aliphatic carbocycles. The third-order valence-electron chi connectivity index (χ3n) is 3.94. The lowest BCUT2D eigenvalue weighted by atomic mass is 10.2. The Bertz CT molecular complexity index is 1080. The fourth-order valence-electron chi connectivity index (χ4n) is 2.63. The van der Waals surface area contributed by atoms with Crippen LogP contribution in [0, 0.1) is 0 Å². The monoisotopic (exact) mass is 469 g/mol. The molecule has 4 rings (SSSR count). The molecule has 3 aromatic rings. The Morgan fingerprint density at radius 2 is 1.79 bits per heavy atom. The summed E-state index contributed by atoms with van der Waals surface area (Å²) in [5, 5.41) is 0.830. The SMILES string of the molecule is O=C1/C(=C/c2ccc(Br)cc2)SC(=Nc2cccnc2Cl)N1c1ccccc1. The third-order valence-corrected chi connectivity index (χ3v) is 5.73. The fourth-order valence-corrected chi connectivity index (χ4v) is 4.05. The minimum absolute atomic E-state index is 0.127. The molecule has 1 fully saturated rings. The number of thioether (sulfide) groups is 1. The van der Waals surface area contributed by atoms with Crippen molar-refractivity contribution in [1.82, 2.24) is 4.98 Å². The van der Waals surface area contributed by atoms with Gasteiger partial charge in [0.15, 0.2) is 10.3 Å². The van der Waals surface area contributed by atoms with Crippen molar-refractivity contribution in [3.8, 4) is 0 Å². The summed E-state index contributed by atoms with van der Waals surface area (Å²) < 4.78 is 0.986. The van der Waals surface area contributed by atoms with Gasteiger partial charge in [0, 0.05) is 10.7 Å². The number of pyridine rings is 1. The van der Waals surface area contributed by atoms with Gasteiger partial charge in [-0.1, -0.05) is 57.9 Å². The molecule has 0 radical (unpaired) electrons. The lowest BCUT2D eigenvalue weighted by Crippen LogP contribution is -2.28. The second kappa shape index (κ2) is 8.31. The molecule has 138 valence electrons. The maximum absolute atomic E-state index is 13.2. The zero-order valence-corrected chi connectivity index (χ0v) is 17.6. The molecule has 0 spiro atoms. The van der Waals surface area contributed by atoms with Gasteiger partial charge in [0.25, 0.3) is 5.91 Å². The predicted octanol–water partition coefficient (Wildman–Crippen LogP) is 6.31. The summed E-state index contributed by atoms with van der Waals surface area (Å²) in [7, 11) is 0. The van der Waals surface area contributed by atoms with Crippen LogP contribution in [0.4, 0.5) is 11.4 Å². The topological polar surface area (TPSA) is 45.6 Å². The Hall–Kier alpha value is -2.41. The average molecular weight is 471 g/mol. The molecule has 1 amide bonds. The zero-order valence-electron chi connectivity index (χ0n) is 14.4. The van der Waals surface area contributed by atoms with E-state index >= 15 is 0 Å². The number of amidine groups is 1. The number of para-hydroxylation sites is 1. The number of rotatable bonds is 3. The normalized spacial score (nSPS) is 16.9. The van der Waals surface area contributed by atoms with Gasteiger partial charge < -0.3 is 0 Å². The second-order valence-electron chi connectivity index (χ2n) is 5.85. The molecule has 1 aromatic heterocycles. The van der Waals surface area contributed by atoms with Crippen LogP contribution in [0.5, 0.6) is 0 Å². The first-order chi connectivity index (χ1) is 13.6. The van der Waals surface area contributed by atoms with Crippen molar-refractivity contribution in [2.24, 2.45) is 4.99 Å². The van der Waals surface area contributed by atoms with Crippen LogP contribution in [0.3, 0.4) is 0 Å². The number of hydrogen-bond acceptors (Lipinski definition) is 4. The molecule has 0 unspecified atom stereocenters. The highest BCUT2D eigenvalue weighted by atomic mass is 79.9. The highest BCUT2D eigenvalue weighted by Crippen LogP contribution is 2.38. The average Bonchev–Trinajstić information content (AvgIpc) is 3.01. The first kappa shape index (κ1) is 18.9. The molecule has 2 aromatic carbocycles. The minimum atomic E-state index is -0.127. The quantitative estimate of drug-likeness (QED) is 0.333. The van der Waals surface area contributed by atoms with Gasteiger partial charge >= 0.3 is 0 Å². The molecule has 0 N–H and O–H groups in total. The summed E-state index contributed by atoms with van der Waals surface area (Å²) in [5.41, 5.74) is 2.20. The van der Waals surface area contributed by atoms with Crippen molar-refractivity contribution in [3.63, 3.8) is 0 Å². The van der Waals surface area contributed by atoms with E-state index in [0.717, 1.165) is 15.7 Å². The predicted molar refractivity (Wildman–Crippen MR) is 120 cm³/mol. The van der Waals surface area contributed by atoms with E-state index in [4.69, 9.17) is 11.6 Å². The Kier molecular flexibility index (Phi) is 5.62. The molecule has 2 heterocycles. The second-order valence-corrected chi connectivity index (χ2v) is 8.13. The summed E-state index contributed by atoms with van der Waals surface area (Å²) in [6.45, 7) is 0. The van der Waals surface area contributed by atoms with Crippen molar-refractivity contribution in [2.45, 2.75) is 0 Å². The number of nitrogens with zero attached hydrogens (tertiary/aromatic N) is 3. The third kappa shape index (κ3) is 4.04. The molecule has 1 saturated heterocycles. The van der Waals surface area contributed by atoms with E-state index in [1.54, 1.807) is 23.2 Å². The smallest absolute Gasteiger partial charge is 0.268 e. The van der Waals surface area contributed by atoms with E-state index < -0.39 is 0 Å². The number of anilines is 1. The highest BCUT2D eigenvalue weighted by Gasteiger charge is 2.34. The van der Waals surface area contributed by atoms with Gasteiger partial charge in [-0.2, -0.15) is 0 Å². The van der Waals surface area contributed by atoms with E-state index in [9.17, 15) is 4.79 Å². The molecule has 0 bridgehead atoms. The number of aromatic nitrogens is 1. The minimum Gasteiger partial charge on any atom is -0.268 e. The van der Waals surface area contributed by atoms with Crippen LogP contribution >= 0.6 is 39.3 Å². The van der Waals surface area contributed by atoms with E-state index in [1.165, 1.54) is 11.8 Å². The van der Waals surface area contributed by atoms with Crippen molar-refractivity contribution in [1.29, 1.82) is 0 Å². The number of amides is 1. The van der Waals surface area contributed by atoms with Crippen molar-refractivity contribution >= 4 is 67.8 Å². The van der Waals surface area contributed by atoms with Crippen LogP contribution < -0.4 is 4.90 Å². The molecule has 1 aliphatic heterocycles. The van der Waals surface area contributed by atoms with Crippen molar-refractivity contribution in [3.05, 3.63) is 93.0 Å². The summed E-state index contributed by atoms with van der Waals surface area (Å²) in [6.07, 6.45) is 3.47. The van der Waals surface area contributed by atoms with Crippen LogP contribution in [0.25, 0.3) is 6.08 Å². The molecular weight excluding hydrogens is 458 g/mol. The number of carbonyl (C=O) groups is 1. The Labute approximate surface area is 180 Å². The molecule has 0 atom stereocenters. The summed E-state index contributed by atoms with van der Waals surface area (Å²) in [5.74, 6) is -0.127. The van der Waals surface area contributed by atoms with Gasteiger partial charge in [-0.3, -0.25) is 9.69 Å². The Morgan fingerprint density at radius 1 is 1.04 bits per heavy atom. The largest absolute Gasteiger partial charge is 0.271 e. The van der Waals surface area contributed by atoms with Crippen LogP contribution in [-0.4, -0.2) is 16.1 Å². The van der Waals surface area contributed by atoms with E-state index in [0.29, 0.717) is 20.9 Å². The lowest BCUT2D eigenvalue weighted by Gasteiger charge is -2.15. The fraction of sp³-hybridized carbons (Fsp3) is 0. The Balaban J connectivity index is 1.78. The van der Waals surface area contributed by atoms with Crippen molar-refractivity contribution in [2.75, 3.05) is 4.90 Å². The zero-order chi connectivity index (χ0) is 19.5.